The molecular weight excluding hydrogens is 300 g/mol. The highest BCUT2D eigenvalue weighted by molar-refractivity contribution is 6.31. The van der Waals surface area contributed by atoms with E-state index >= 15 is 0 Å². The lowest BCUT2D eigenvalue weighted by Crippen LogP contribution is -2.38. The maximum absolute atomic E-state index is 12.4. The summed E-state index contributed by atoms with van der Waals surface area (Å²) in [4.78, 5) is 25.8. The minimum absolute atomic E-state index is 0.165. The zero-order valence-corrected chi connectivity index (χ0v) is 12.6. The molecule has 1 fully saturated rings. The van der Waals surface area contributed by atoms with Crippen molar-refractivity contribution in [2.24, 2.45) is 0 Å². The molecule has 2 aromatic carbocycles. The number of benzene rings is 2. The van der Waals surface area contributed by atoms with Gasteiger partial charge >= 0.3 is 0 Å². The first-order valence-electron chi connectivity index (χ1n) is 7.05. The molecule has 4 nitrogen and oxygen atoms in total. The van der Waals surface area contributed by atoms with Crippen molar-refractivity contribution >= 4 is 29.1 Å². The minimum atomic E-state index is -0.494. The Kier molecular flexibility index (Phi) is 4.22. The molecule has 1 aliphatic heterocycles. The van der Waals surface area contributed by atoms with Gasteiger partial charge < -0.3 is 5.32 Å². The van der Waals surface area contributed by atoms with E-state index in [1.807, 2.05) is 30.3 Å². The van der Waals surface area contributed by atoms with Crippen LogP contribution in [0.15, 0.2) is 54.6 Å². The molecule has 1 heterocycles. The zero-order valence-electron chi connectivity index (χ0n) is 11.8. The third kappa shape index (κ3) is 3.03. The summed E-state index contributed by atoms with van der Waals surface area (Å²) in [5.74, 6) is -0.443. The lowest BCUT2D eigenvalue weighted by Gasteiger charge is -2.15. The lowest BCUT2D eigenvalue weighted by molar-refractivity contribution is -0.121. The van der Waals surface area contributed by atoms with E-state index in [2.05, 4.69) is 5.32 Å². The van der Waals surface area contributed by atoms with E-state index in [0.29, 0.717) is 17.3 Å². The second-order valence-electron chi connectivity index (χ2n) is 5.17. The number of carbonyl (C=O) groups excluding carboxylic acids is 2. The Bertz CT molecular complexity index is 703. The van der Waals surface area contributed by atoms with E-state index in [0.717, 1.165) is 5.56 Å². The lowest BCUT2D eigenvalue weighted by atomic mass is 10.2. The van der Waals surface area contributed by atoms with Gasteiger partial charge in [-0.1, -0.05) is 48.0 Å². The fourth-order valence-electron chi connectivity index (χ4n) is 2.51. The molecule has 1 unspecified atom stereocenters. The molecule has 0 bridgehead atoms. The molecule has 3 rings (SSSR count). The average molecular weight is 315 g/mol. The fourth-order valence-corrected chi connectivity index (χ4v) is 2.70. The molecule has 22 heavy (non-hydrogen) atoms. The topological polar surface area (TPSA) is 49.4 Å². The number of rotatable bonds is 4. The van der Waals surface area contributed by atoms with Gasteiger partial charge in [-0.3, -0.25) is 9.59 Å². The van der Waals surface area contributed by atoms with Gasteiger partial charge in [0.25, 0.3) is 5.91 Å². The summed E-state index contributed by atoms with van der Waals surface area (Å²) in [7, 11) is 0. The van der Waals surface area contributed by atoms with Crippen molar-refractivity contribution in [1.82, 2.24) is 5.32 Å². The van der Waals surface area contributed by atoms with Gasteiger partial charge in [0, 0.05) is 11.6 Å². The molecule has 0 radical (unpaired) electrons. The van der Waals surface area contributed by atoms with E-state index in [9.17, 15) is 9.59 Å². The number of carbonyl (C=O) groups is 2. The number of imide groups is 1. The summed E-state index contributed by atoms with van der Waals surface area (Å²) >= 11 is 5.93. The van der Waals surface area contributed by atoms with Crippen LogP contribution in [0.1, 0.15) is 12.0 Å². The zero-order chi connectivity index (χ0) is 15.5. The Hall–Kier alpha value is -2.17. The van der Waals surface area contributed by atoms with Crippen LogP contribution in [0.25, 0.3) is 0 Å². The Labute approximate surface area is 133 Å². The van der Waals surface area contributed by atoms with Gasteiger partial charge in [0.15, 0.2) is 0 Å². The van der Waals surface area contributed by atoms with Crippen LogP contribution in [-0.4, -0.2) is 17.9 Å². The number of nitrogens with zero attached hydrogens (tertiary/aromatic N) is 1. The standard InChI is InChI=1S/C17H15ClN2O2/c18-13-7-4-8-14(9-13)20-16(21)10-15(17(20)22)19-11-12-5-2-1-3-6-12/h1-9,15,19H,10-11H2. The van der Waals surface area contributed by atoms with Crippen molar-refractivity contribution in [3.63, 3.8) is 0 Å². The molecule has 2 aromatic rings. The molecular formula is C17H15ClN2O2. The molecule has 0 aliphatic carbocycles. The van der Waals surface area contributed by atoms with Crippen molar-refractivity contribution < 1.29 is 9.59 Å². The average Bonchev–Trinajstić information content (AvgIpc) is 2.80. The highest BCUT2D eigenvalue weighted by Gasteiger charge is 2.39. The maximum atomic E-state index is 12.4. The molecule has 1 saturated heterocycles. The van der Waals surface area contributed by atoms with E-state index in [1.165, 1.54) is 4.90 Å². The van der Waals surface area contributed by atoms with Crippen LogP contribution in [-0.2, 0) is 16.1 Å². The summed E-state index contributed by atoms with van der Waals surface area (Å²) in [6.45, 7) is 0.550. The van der Waals surface area contributed by atoms with Gasteiger partial charge in [0.2, 0.25) is 5.91 Å². The number of hydrogen-bond acceptors (Lipinski definition) is 3. The van der Waals surface area contributed by atoms with Gasteiger partial charge in [-0.15, -0.1) is 0 Å². The van der Waals surface area contributed by atoms with Gasteiger partial charge in [0.1, 0.15) is 0 Å². The maximum Gasteiger partial charge on any atom is 0.251 e. The molecule has 1 N–H and O–H groups in total. The second-order valence-corrected chi connectivity index (χ2v) is 5.61. The fraction of sp³-hybridized carbons (Fsp3) is 0.176. The number of halogens is 1. The van der Waals surface area contributed by atoms with Gasteiger partial charge in [0.05, 0.1) is 18.2 Å². The van der Waals surface area contributed by atoms with Gasteiger partial charge in [-0.2, -0.15) is 0 Å². The Morgan fingerprint density at radius 1 is 1.09 bits per heavy atom. The van der Waals surface area contributed by atoms with E-state index < -0.39 is 6.04 Å². The Balaban J connectivity index is 1.71. The molecule has 0 aromatic heterocycles. The number of amides is 2. The van der Waals surface area contributed by atoms with Gasteiger partial charge in [-0.05, 0) is 23.8 Å². The first-order chi connectivity index (χ1) is 10.6. The van der Waals surface area contributed by atoms with Crippen molar-refractivity contribution in [3.05, 3.63) is 65.2 Å². The number of anilines is 1. The quantitative estimate of drug-likeness (QED) is 0.883. The third-order valence-corrected chi connectivity index (χ3v) is 3.84. The number of hydrogen-bond donors (Lipinski definition) is 1. The van der Waals surface area contributed by atoms with Crippen LogP contribution in [0.2, 0.25) is 5.02 Å². The third-order valence-electron chi connectivity index (χ3n) is 3.61. The normalized spacial score (nSPS) is 18.0. The highest BCUT2D eigenvalue weighted by atomic mass is 35.5. The largest absolute Gasteiger partial charge is 0.301 e. The van der Waals surface area contributed by atoms with Crippen LogP contribution in [0.5, 0.6) is 0 Å². The van der Waals surface area contributed by atoms with Crippen molar-refractivity contribution in [2.75, 3.05) is 4.90 Å². The molecule has 5 heteroatoms. The monoisotopic (exact) mass is 314 g/mol. The first-order valence-corrected chi connectivity index (χ1v) is 7.42. The Morgan fingerprint density at radius 3 is 2.59 bits per heavy atom. The van der Waals surface area contributed by atoms with Crippen LogP contribution < -0.4 is 10.2 Å². The summed E-state index contributed by atoms with van der Waals surface area (Å²) in [5.41, 5.74) is 1.59. The Morgan fingerprint density at radius 2 is 1.86 bits per heavy atom. The summed E-state index contributed by atoms with van der Waals surface area (Å²) < 4.78 is 0. The smallest absolute Gasteiger partial charge is 0.251 e. The van der Waals surface area contributed by atoms with Gasteiger partial charge in [-0.25, -0.2) is 4.90 Å². The summed E-state index contributed by atoms with van der Waals surface area (Å²) in [6.07, 6.45) is 0.165. The van der Waals surface area contributed by atoms with Crippen molar-refractivity contribution in [2.45, 2.75) is 19.0 Å². The van der Waals surface area contributed by atoms with Crippen LogP contribution in [0.4, 0.5) is 5.69 Å². The predicted molar refractivity (Wildman–Crippen MR) is 85.6 cm³/mol. The van der Waals surface area contributed by atoms with Crippen LogP contribution >= 0.6 is 11.6 Å². The SMILES string of the molecule is O=C1CC(NCc2ccccc2)C(=O)N1c1cccc(Cl)c1. The van der Waals surface area contributed by atoms with E-state index in [-0.39, 0.29) is 18.2 Å². The highest BCUT2D eigenvalue weighted by Crippen LogP contribution is 2.25. The molecule has 2 amide bonds. The molecule has 112 valence electrons. The van der Waals surface area contributed by atoms with E-state index in [1.54, 1.807) is 24.3 Å². The van der Waals surface area contributed by atoms with Crippen molar-refractivity contribution in [3.8, 4) is 0 Å². The predicted octanol–water partition coefficient (Wildman–Crippen LogP) is 2.76. The molecule has 1 aliphatic rings. The second kappa shape index (κ2) is 6.30. The molecule has 0 saturated carbocycles. The van der Waals surface area contributed by atoms with Crippen molar-refractivity contribution in [1.29, 1.82) is 0 Å². The number of nitrogens with one attached hydrogen (secondary N) is 1. The summed E-state index contributed by atoms with van der Waals surface area (Å²) in [6, 6.07) is 16.0. The minimum Gasteiger partial charge on any atom is -0.301 e. The first kappa shape index (κ1) is 14.8. The van der Waals surface area contributed by atoms with Crippen LogP contribution in [0.3, 0.4) is 0 Å². The molecule has 1 atom stereocenters. The van der Waals surface area contributed by atoms with E-state index in [4.69, 9.17) is 11.6 Å². The summed E-state index contributed by atoms with van der Waals surface area (Å²) in [5, 5.41) is 3.65. The molecule has 0 spiro atoms. The van der Waals surface area contributed by atoms with Crippen LogP contribution in [0, 0.1) is 0 Å².